The lowest BCUT2D eigenvalue weighted by atomic mass is 10.1. The van der Waals surface area contributed by atoms with E-state index in [1.807, 2.05) is 31.2 Å². The molecule has 0 unspecified atom stereocenters. The Morgan fingerprint density at radius 3 is 2.83 bits per heavy atom. The Morgan fingerprint density at radius 1 is 1.26 bits per heavy atom. The van der Waals surface area contributed by atoms with E-state index in [1.54, 1.807) is 17.4 Å². The van der Waals surface area contributed by atoms with E-state index in [0.29, 0.717) is 11.5 Å². The van der Waals surface area contributed by atoms with Crippen molar-refractivity contribution in [3.8, 4) is 5.75 Å². The van der Waals surface area contributed by atoms with Crippen LogP contribution < -0.4 is 10.1 Å². The number of hydrogen-bond acceptors (Lipinski definition) is 5. The molecule has 0 spiro atoms. The van der Waals surface area contributed by atoms with E-state index in [-0.39, 0.29) is 11.1 Å². The third-order valence-electron chi connectivity index (χ3n) is 3.34. The molecule has 1 saturated heterocycles. The molecule has 118 valence electrons. The Bertz CT molecular complexity index is 766. The molecule has 1 aliphatic heterocycles. The van der Waals surface area contributed by atoms with E-state index in [2.05, 4.69) is 16.8 Å². The van der Waals surface area contributed by atoms with E-state index >= 15 is 0 Å². The summed E-state index contributed by atoms with van der Waals surface area (Å²) < 4.78 is 5.87. The molecule has 0 bridgehead atoms. The third-order valence-corrected chi connectivity index (χ3v) is 5.08. The van der Waals surface area contributed by atoms with E-state index < -0.39 is 0 Å². The van der Waals surface area contributed by atoms with Crippen LogP contribution in [0.5, 0.6) is 5.75 Å². The van der Waals surface area contributed by atoms with Crippen molar-refractivity contribution >= 4 is 40.3 Å². The molecule has 1 aliphatic rings. The fraction of sp³-hybridized carbons (Fsp3) is 0.176. The molecule has 2 heterocycles. The second-order valence-electron chi connectivity index (χ2n) is 5.05. The quantitative estimate of drug-likeness (QED) is 0.832. The zero-order valence-corrected chi connectivity index (χ0v) is 14.1. The average Bonchev–Trinajstić information content (AvgIpc) is 3.13. The fourth-order valence-corrected chi connectivity index (χ4v) is 3.52. The minimum atomic E-state index is -0.347. The summed E-state index contributed by atoms with van der Waals surface area (Å²) in [6.07, 6.45) is 2.58. The van der Waals surface area contributed by atoms with Crippen molar-refractivity contribution in [1.82, 2.24) is 5.32 Å². The lowest BCUT2D eigenvalue weighted by Crippen LogP contribution is -2.17. The van der Waals surface area contributed by atoms with Gasteiger partial charge in [-0.3, -0.25) is 14.9 Å². The number of ether oxygens (including phenoxy) is 1. The van der Waals surface area contributed by atoms with Crippen molar-refractivity contribution in [1.29, 1.82) is 0 Å². The van der Waals surface area contributed by atoms with Gasteiger partial charge in [-0.05, 0) is 53.4 Å². The number of carbonyl (C=O) groups excluding carboxylic acids is 2. The summed E-state index contributed by atoms with van der Waals surface area (Å²) in [4.78, 5) is 24.5. The molecule has 4 nitrogen and oxygen atoms in total. The van der Waals surface area contributed by atoms with Gasteiger partial charge in [-0.15, -0.1) is 11.3 Å². The number of imide groups is 1. The average molecular weight is 345 g/mol. The summed E-state index contributed by atoms with van der Waals surface area (Å²) in [6.45, 7) is 2.59. The molecule has 0 aliphatic carbocycles. The van der Waals surface area contributed by atoms with Gasteiger partial charge in [0, 0.05) is 11.3 Å². The van der Waals surface area contributed by atoms with Crippen LogP contribution in [0.3, 0.4) is 0 Å². The summed E-state index contributed by atoms with van der Waals surface area (Å²) >= 11 is 2.64. The molecule has 23 heavy (non-hydrogen) atoms. The minimum Gasteiger partial charge on any atom is -0.493 e. The Labute approximate surface area is 142 Å². The van der Waals surface area contributed by atoms with Gasteiger partial charge in [0.1, 0.15) is 5.75 Å². The number of thiophene rings is 1. The minimum absolute atomic E-state index is 0.333. The number of benzene rings is 1. The highest BCUT2D eigenvalue weighted by Crippen LogP contribution is 2.28. The van der Waals surface area contributed by atoms with Crippen LogP contribution in [0, 0.1) is 6.92 Å². The second-order valence-corrected chi connectivity index (χ2v) is 7.10. The van der Waals surface area contributed by atoms with Crippen LogP contribution in [0.15, 0.2) is 40.6 Å². The van der Waals surface area contributed by atoms with Crippen molar-refractivity contribution in [3.63, 3.8) is 0 Å². The maximum Gasteiger partial charge on any atom is 0.290 e. The zero-order chi connectivity index (χ0) is 16.2. The van der Waals surface area contributed by atoms with Crippen molar-refractivity contribution in [2.45, 2.75) is 13.3 Å². The number of thioether (sulfide) groups is 1. The molecule has 6 heteroatoms. The lowest BCUT2D eigenvalue weighted by molar-refractivity contribution is -0.115. The van der Waals surface area contributed by atoms with E-state index in [1.165, 1.54) is 4.88 Å². The van der Waals surface area contributed by atoms with Crippen LogP contribution in [0.1, 0.15) is 16.0 Å². The van der Waals surface area contributed by atoms with Crippen molar-refractivity contribution in [3.05, 3.63) is 56.6 Å². The van der Waals surface area contributed by atoms with E-state index in [4.69, 9.17) is 4.74 Å². The molecule has 0 radical (unpaired) electrons. The van der Waals surface area contributed by atoms with Gasteiger partial charge in [-0.1, -0.05) is 18.2 Å². The van der Waals surface area contributed by atoms with Gasteiger partial charge < -0.3 is 4.74 Å². The first-order valence-corrected chi connectivity index (χ1v) is 8.82. The molecule has 0 atom stereocenters. The van der Waals surface area contributed by atoms with Crippen molar-refractivity contribution < 1.29 is 14.3 Å². The predicted octanol–water partition coefficient (Wildman–Crippen LogP) is 4.00. The first kappa shape index (κ1) is 15.8. The Hall–Kier alpha value is -2.05. The maximum atomic E-state index is 11.6. The number of amides is 2. The number of carbonyl (C=O) groups is 2. The largest absolute Gasteiger partial charge is 0.493 e. The van der Waals surface area contributed by atoms with Gasteiger partial charge in [0.05, 0.1) is 11.5 Å². The highest BCUT2D eigenvalue weighted by molar-refractivity contribution is 8.18. The zero-order valence-electron chi connectivity index (χ0n) is 12.5. The maximum absolute atomic E-state index is 11.6. The summed E-state index contributed by atoms with van der Waals surface area (Å²) in [5.41, 5.74) is 1.88. The molecule has 2 aromatic rings. The fourth-order valence-electron chi connectivity index (χ4n) is 2.15. The van der Waals surface area contributed by atoms with E-state index in [9.17, 15) is 9.59 Å². The number of nitrogens with one attached hydrogen (secondary N) is 1. The molecule has 3 rings (SSSR count). The van der Waals surface area contributed by atoms with Crippen LogP contribution in [0.2, 0.25) is 0 Å². The van der Waals surface area contributed by atoms with Gasteiger partial charge in [0.15, 0.2) is 0 Å². The standard InChI is InChI=1S/C17H15NO3S2/c1-11-4-5-12(10-15-16(19)18-17(20)23-15)9-14(11)21-7-6-13-3-2-8-22-13/h2-5,8-10H,6-7H2,1H3,(H,18,19,20)/b15-10-. The number of rotatable bonds is 5. The predicted molar refractivity (Wildman–Crippen MR) is 93.8 cm³/mol. The molecule has 1 N–H and O–H groups in total. The summed E-state index contributed by atoms with van der Waals surface area (Å²) in [5, 5.41) is 3.97. The Kier molecular flexibility index (Phi) is 4.83. The Morgan fingerprint density at radius 2 is 2.13 bits per heavy atom. The monoisotopic (exact) mass is 345 g/mol. The van der Waals surface area contributed by atoms with Crippen molar-refractivity contribution in [2.75, 3.05) is 6.61 Å². The number of hydrogen-bond donors (Lipinski definition) is 1. The van der Waals surface area contributed by atoms with E-state index in [0.717, 1.165) is 35.1 Å². The summed E-state index contributed by atoms with van der Waals surface area (Å²) in [6, 6.07) is 9.88. The van der Waals surface area contributed by atoms with Gasteiger partial charge in [0.25, 0.3) is 11.1 Å². The first-order chi connectivity index (χ1) is 11.1. The highest BCUT2D eigenvalue weighted by Gasteiger charge is 2.24. The normalized spacial score (nSPS) is 16.0. The lowest BCUT2D eigenvalue weighted by Gasteiger charge is -2.09. The smallest absolute Gasteiger partial charge is 0.290 e. The molecular formula is C17H15NO3S2. The third kappa shape index (κ3) is 4.03. The molecule has 1 aromatic carbocycles. The van der Waals surface area contributed by atoms with Crippen LogP contribution >= 0.6 is 23.1 Å². The van der Waals surface area contributed by atoms with Crippen LogP contribution in [-0.2, 0) is 11.2 Å². The van der Waals surface area contributed by atoms with Crippen LogP contribution in [-0.4, -0.2) is 17.8 Å². The molecule has 0 saturated carbocycles. The van der Waals surface area contributed by atoms with Gasteiger partial charge in [-0.25, -0.2) is 0 Å². The van der Waals surface area contributed by atoms with Crippen molar-refractivity contribution in [2.24, 2.45) is 0 Å². The van der Waals surface area contributed by atoms with Crippen LogP contribution in [0.4, 0.5) is 4.79 Å². The van der Waals surface area contributed by atoms with Gasteiger partial charge >= 0.3 is 0 Å². The number of aryl methyl sites for hydroxylation is 1. The summed E-state index contributed by atoms with van der Waals surface area (Å²) in [7, 11) is 0. The molecule has 2 amide bonds. The molecular weight excluding hydrogens is 330 g/mol. The topological polar surface area (TPSA) is 55.4 Å². The molecule has 1 aromatic heterocycles. The SMILES string of the molecule is Cc1ccc(/C=C2\SC(=O)NC2=O)cc1OCCc1cccs1. The molecule has 1 fully saturated rings. The van der Waals surface area contributed by atoms with Gasteiger partial charge in [-0.2, -0.15) is 0 Å². The van der Waals surface area contributed by atoms with Gasteiger partial charge in [0.2, 0.25) is 0 Å². The highest BCUT2D eigenvalue weighted by atomic mass is 32.2. The second kappa shape index (κ2) is 7.02. The Balaban J connectivity index is 1.70. The summed E-state index contributed by atoms with van der Waals surface area (Å²) in [5.74, 6) is 0.450. The first-order valence-electron chi connectivity index (χ1n) is 7.12. The van der Waals surface area contributed by atoms with Crippen LogP contribution in [0.25, 0.3) is 6.08 Å².